The van der Waals surface area contributed by atoms with Gasteiger partial charge in [0, 0.05) is 36.5 Å². The number of hydrogen-bond acceptors (Lipinski definition) is 4. The summed E-state index contributed by atoms with van der Waals surface area (Å²) in [6.07, 6.45) is 4.40. The van der Waals surface area contributed by atoms with Crippen LogP contribution >= 0.6 is 22.7 Å². The number of rotatable bonds is 3. The normalized spacial score (nSPS) is 13.2. The Hall–Kier alpha value is -5.98. The first kappa shape index (κ1) is 47.4. The minimum atomic E-state index is -0.0927. The summed E-state index contributed by atoms with van der Waals surface area (Å²) in [6, 6.07) is 40.9. The predicted molar refractivity (Wildman–Crippen MR) is 305 cm³/mol. The SMILES string of the molecule is CC(C)(C)c1cc(-c2c3nc(c(-c4csc5ccccc45)c4ccc([n-]4)c(-c4cc(C(C)(C)C)cc(C(C)(C)C)c4)c4cc5c6csc7cccc(c76)c(c6ccc2[n-]6)c5n4)C=C3)cc(C(C)(C)C)c1.[Zn+2]. The first-order valence-corrected chi connectivity index (χ1v) is 26.4. The van der Waals surface area contributed by atoms with E-state index in [1.54, 1.807) is 22.7 Å². The van der Waals surface area contributed by atoms with E-state index in [4.69, 9.17) is 19.9 Å². The second-order valence-electron chi connectivity index (χ2n) is 23.6. The van der Waals surface area contributed by atoms with Gasteiger partial charge in [0.05, 0.1) is 22.4 Å². The van der Waals surface area contributed by atoms with Gasteiger partial charge in [-0.3, -0.25) is 0 Å². The summed E-state index contributed by atoms with van der Waals surface area (Å²) in [4.78, 5) is 23.0. The van der Waals surface area contributed by atoms with Crippen LogP contribution in [0.3, 0.4) is 0 Å². The maximum atomic E-state index is 5.82. The average molecular weight is 1010 g/mol. The summed E-state index contributed by atoms with van der Waals surface area (Å²) in [5.74, 6) is 0. The average Bonchev–Trinajstić information content (AvgIpc) is 4.17. The zero-order valence-corrected chi connectivity index (χ0v) is 47.6. The zero-order valence-electron chi connectivity index (χ0n) is 43.0. The van der Waals surface area contributed by atoms with Crippen LogP contribution in [0.15, 0.2) is 120 Å². The Balaban J connectivity index is 0.00000547. The van der Waals surface area contributed by atoms with Crippen LogP contribution in [0.5, 0.6) is 0 Å². The number of fused-ring (bicyclic) bond motifs is 11. The van der Waals surface area contributed by atoms with Crippen LogP contribution in [0, 0.1) is 0 Å². The molecule has 0 radical (unpaired) electrons. The van der Waals surface area contributed by atoms with Crippen molar-refractivity contribution < 1.29 is 19.5 Å². The molecule has 1 aliphatic heterocycles. The second kappa shape index (κ2) is 16.5. The number of benzene rings is 5. The molecule has 6 aromatic heterocycles. The van der Waals surface area contributed by atoms with Crippen molar-refractivity contribution in [1.29, 1.82) is 0 Å². The smallest absolute Gasteiger partial charge is 0.657 e. The minimum absolute atomic E-state index is 0. The molecule has 0 aliphatic carbocycles. The molecule has 0 amide bonds. The summed E-state index contributed by atoms with van der Waals surface area (Å²) in [6.45, 7) is 27.7. The van der Waals surface area contributed by atoms with Crippen LogP contribution in [-0.2, 0) is 41.1 Å². The third-order valence-corrected chi connectivity index (χ3v) is 16.4. The largest absolute Gasteiger partial charge is 2.00 e. The monoisotopic (exact) mass is 1010 g/mol. The Morgan fingerprint density at radius 2 is 0.901 bits per heavy atom. The van der Waals surface area contributed by atoms with Crippen LogP contribution in [0.4, 0.5) is 0 Å². The van der Waals surface area contributed by atoms with Crippen molar-refractivity contribution in [3.63, 3.8) is 0 Å². The van der Waals surface area contributed by atoms with Gasteiger partial charge in [0.25, 0.3) is 0 Å². The van der Waals surface area contributed by atoms with Gasteiger partial charge in [-0.25, -0.2) is 9.97 Å². The summed E-state index contributed by atoms with van der Waals surface area (Å²) in [5.41, 5.74) is 18.3. The molecule has 0 saturated heterocycles. The van der Waals surface area contributed by atoms with Gasteiger partial charge >= 0.3 is 19.5 Å². The number of hydrogen-bond donors (Lipinski definition) is 0. The molecule has 1 aliphatic rings. The summed E-state index contributed by atoms with van der Waals surface area (Å²) in [5, 5.41) is 11.6. The predicted octanol–water partition coefficient (Wildman–Crippen LogP) is 18.4. The second-order valence-corrected chi connectivity index (χ2v) is 25.4. The molecule has 4 nitrogen and oxygen atoms in total. The van der Waals surface area contributed by atoms with Crippen molar-refractivity contribution in [3.8, 4) is 33.4 Å². The van der Waals surface area contributed by atoms with Crippen LogP contribution in [-0.4, -0.2) is 9.97 Å². The molecule has 12 rings (SSSR count). The maximum absolute atomic E-state index is 5.82. The Kier molecular flexibility index (Phi) is 11.0. The standard InChI is InChI=1S/C64H58N4S2.Zn/c1-61(2,3)37-26-35(27-38(30-37)62(4,5)6)55-46-20-23-49(65-46)58(44-33-69-53-18-14-13-16-41(44)53)50-24-21-48(66-50)56(36-28-39(63(7,8)9)31-40(29-36)64(10,11)12)52-32-43-45-34-70-54-19-15-17-42(57(45)54)59(60(43)68-52)51-25-22-47(55)67-51;/h13-34H,1-12H3;/q-2;+2. The van der Waals surface area contributed by atoms with Crippen molar-refractivity contribution in [2.24, 2.45) is 0 Å². The Morgan fingerprint density at radius 1 is 0.408 bits per heavy atom. The molecular formula is C64H58N4S2Zn. The molecule has 11 aromatic rings. The topological polar surface area (TPSA) is 54.0 Å². The van der Waals surface area contributed by atoms with Gasteiger partial charge in [0.15, 0.2) is 0 Å². The maximum Gasteiger partial charge on any atom is 2.00 e. The van der Waals surface area contributed by atoms with Crippen LogP contribution in [0.25, 0.3) is 120 Å². The number of aromatic nitrogens is 4. The summed E-state index contributed by atoms with van der Waals surface area (Å²) < 4.78 is 2.49. The third kappa shape index (κ3) is 7.95. The van der Waals surface area contributed by atoms with Crippen molar-refractivity contribution in [1.82, 2.24) is 19.9 Å². The third-order valence-electron chi connectivity index (χ3n) is 14.5. The Bertz CT molecular complexity index is 4040. The van der Waals surface area contributed by atoms with Gasteiger partial charge in [0.1, 0.15) is 0 Å². The fourth-order valence-electron chi connectivity index (χ4n) is 10.5. The molecule has 0 N–H and O–H groups in total. The van der Waals surface area contributed by atoms with Crippen LogP contribution in [0.2, 0.25) is 0 Å². The molecule has 5 aromatic carbocycles. The van der Waals surface area contributed by atoms with E-state index in [0.717, 1.165) is 88.6 Å². The molecule has 348 valence electrons. The van der Waals surface area contributed by atoms with Gasteiger partial charge in [0.2, 0.25) is 0 Å². The van der Waals surface area contributed by atoms with E-state index in [-0.39, 0.29) is 41.1 Å². The van der Waals surface area contributed by atoms with Gasteiger partial charge in [-0.1, -0.05) is 174 Å². The molecule has 8 bridgehead atoms. The first-order chi connectivity index (χ1) is 33.2. The molecule has 0 unspecified atom stereocenters. The van der Waals surface area contributed by atoms with Gasteiger partial charge in [-0.05, 0) is 124 Å². The summed E-state index contributed by atoms with van der Waals surface area (Å²) in [7, 11) is 0. The Labute approximate surface area is 437 Å². The van der Waals surface area contributed by atoms with Crippen LogP contribution < -0.4 is 9.97 Å². The van der Waals surface area contributed by atoms with E-state index in [2.05, 4.69) is 215 Å². The number of thiophene rings is 2. The first-order valence-electron chi connectivity index (χ1n) is 24.6. The zero-order chi connectivity index (χ0) is 48.8. The van der Waals surface area contributed by atoms with Crippen molar-refractivity contribution >= 4 is 110 Å². The summed E-state index contributed by atoms with van der Waals surface area (Å²) >= 11 is 3.57. The van der Waals surface area contributed by atoms with E-state index in [0.29, 0.717) is 0 Å². The molecule has 7 heteroatoms. The quantitative estimate of drug-likeness (QED) is 0.166. The van der Waals surface area contributed by atoms with E-state index >= 15 is 0 Å². The molecule has 7 heterocycles. The van der Waals surface area contributed by atoms with Gasteiger partial charge in [-0.2, -0.15) is 0 Å². The van der Waals surface area contributed by atoms with Crippen molar-refractivity contribution in [2.45, 2.75) is 105 Å². The molecule has 0 spiro atoms. The van der Waals surface area contributed by atoms with E-state index in [9.17, 15) is 0 Å². The number of nitrogens with zero attached hydrogens (tertiary/aromatic N) is 4. The fourth-order valence-corrected chi connectivity index (χ4v) is 12.4. The van der Waals surface area contributed by atoms with Crippen molar-refractivity contribution in [2.75, 3.05) is 0 Å². The van der Waals surface area contributed by atoms with E-state index < -0.39 is 0 Å². The molecule has 0 fully saturated rings. The molecule has 71 heavy (non-hydrogen) atoms. The van der Waals surface area contributed by atoms with Gasteiger partial charge < -0.3 is 9.97 Å². The van der Waals surface area contributed by atoms with E-state index in [1.807, 2.05) is 0 Å². The Morgan fingerprint density at radius 3 is 1.52 bits per heavy atom. The molecule has 0 saturated carbocycles. The fraction of sp³-hybridized carbons (Fsp3) is 0.250. The van der Waals surface area contributed by atoms with E-state index in [1.165, 1.54) is 53.2 Å². The minimum Gasteiger partial charge on any atom is -0.657 e. The molecular weight excluding hydrogens is 954 g/mol. The van der Waals surface area contributed by atoms with Crippen LogP contribution in [0.1, 0.15) is 117 Å². The molecule has 0 atom stereocenters. The van der Waals surface area contributed by atoms with Gasteiger partial charge in [-0.15, -0.1) is 44.7 Å². The van der Waals surface area contributed by atoms with Crippen molar-refractivity contribution in [3.05, 3.63) is 154 Å².